The average molecular weight is 317 g/mol. The van der Waals surface area contributed by atoms with Crippen molar-refractivity contribution in [1.82, 2.24) is 25.5 Å². The van der Waals surface area contributed by atoms with Crippen LogP contribution in [-0.4, -0.2) is 44.5 Å². The number of hydrogen-bond donors (Lipinski definition) is 1. The van der Waals surface area contributed by atoms with E-state index in [-0.39, 0.29) is 11.8 Å². The maximum absolute atomic E-state index is 12.8. The van der Waals surface area contributed by atoms with Crippen molar-refractivity contribution in [3.63, 3.8) is 0 Å². The molecule has 0 aromatic carbocycles. The molecule has 1 N–H and O–H groups in total. The Hall–Kier alpha value is -1.76. The molecule has 4 rings (SSSR count). The van der Waals surface area contributed by atoms with Crippen molar-refractivity contribution < 1.29 is 4.79 Å². The Bertz CT molecular complexity index is 667. The third kappa shape index (κ3) is 2.43. The van der Waals surface area contributed by atoms with Crippen molar-refractivity contribution in [2.45, 2.75) is 38.0 Å². The number of likely N-dealkylation sites (tertiary alicyclic amines) is 1. The molecule has 22 heavy (non-hydrogen) atoms. The van der Waals surface area contributed by atoms with Gasteiger partial charge in [0.25, 0.3) is 0 Å². The van der Waals surface area contributed by atoms with E-state index in [0.717, 1.165) is 38.2 Å². The number of carbonyl (C=O) groups is 1. The summed E-state index contributed by atoms with van der Waals surface area (Å²) in [5.74, 6) is 1.89. The molecule has 1 saturated heterocycles. The molecule has 1 amide bonds. The molecule has 2 aromatic rings. The van der Waals surface area contributed by atoms with Crippen LogP contribution in [0.4, 0.5) is 0 Å². The molecular formula is C15H19N5OS. The lowest BCUT2D eigenvalue weighted by atomic mass is 9.97. The van der Waals surface area contributed by atoms with E-state index < -0.39 is 0 Å². The van der Waals surface area contributed by atoms with E-state index in [2.05, 4.69) is 39.0 Å². The van der Waals surface area contributed by atoms with E-state index >= 15 is 0 Å². The molecule has 1 saturated carbocycles. The highest BCUT2D eigenvalue weighted by atomic mass is 32.1. The molecule has 2 aliphatic rings. The van der Waals surface area contributed by atoms with E-state index in [1.54, 1.807) is 11.3 Å². The summed E-state index contributed by atoms with van der Waals surface area (Å²) < 4.78 is 0. The third-order valence-corrected chi connectivity index (χ3v) is 5.96. The van der Waals surface area contributed by atoms with Gasteiger partial charge < -0.3 is 4.90 Å². The van der Waals surface area contributed by atoms with E-state index in [1.165, 1.54) is 10.4 Å². The largest absolute Gasteiger partial charge is 0.342 e. The minimum Gasteiger partial charge on any atom is -0.342 e. The van der Waals surface area contributed by atoms with Crippen molar-refractivity contribution in [1.29, 1.82) is 0 Å². The summed E-state index contributed by atoms with van der Waals surface area (Å²) in [4.78, 5) is 16.2. The maximum Gasteiger partial charge on any atom is 0.226 e. The van der Waals surface area contributed by atoms with Crippen LogP contribution in [0, 0.1) is 12.8 Å². The summed E-state index contributed by atoms with van der Waals surface area (Å²) in [7, 11) is 0. The van der Waals surface area contributed by atoms with Gasteiger partial charge in [0.05, 0.1) is 0 Å². The van der Waals surface area contributed by atoms with Crippen LogP contribution in [0.5, 0.6) is 0 Å². The lowest BCUT2D eigenvalue weighted by molar-refractivity contribution is -0.133. The van der Waals surface area contributed by atoms with E-state index in [0.29, 0.717) is 11.8 Å². The highest BCUT2D eigenvalue weighted by Gasteiger charge is 2.47. The lowest BCUT2D eigenvalue weighted by Gasteiger charge is -2.31. The van der Waals surface area contributed by atoms with Gasteiger partial charge in [-0.25, -0.2) is 0 Å². The smallest absolute Gasteiger partial charge is 0.226 e. The number of nitrogens with one attached hydrogen (secondary N) is 1. The van der Waals surface area contributed by atoms with Crippen LogP contribution >= 0.6 is 11.3 Å². The van der Waals surface area contributed by atoms with Crippen LogP contribution in [0.25, 0.3) is 0 Å². The number of amides is 1. The summed E-state index contributed by atoms with van der Waals surface area (Å²) in [5.41, 5.74) is 1.33. The van der Waals surface area contributed by atoms with E-state index in [1.807, 2.05) is 4.90 Å². The molecule has 3 atom stereocenters. The number of aryl methyl sites for hydroxylation is 1. The second kappa shape index (κ2) is 5.46. The summed E-state index contributed by atoms with van der Waals surface area (Å²) in [6.45, 7) is 3.73. The maximum atomic E-state index is 12.8. The van der Waals surface area contributed by atoms with Crippen molar-refractivity contribution in [3.8, 4) is 0 Å². The SMILES string of the molecule is Cc1ccsc1[C@@H]1C[C@H]1C(=O)N1CCC[C@H](c2nn[nH]n2)C1. The van der Waals surface area contributed by atoms with E-state index in [4.69, 9.17) is 0 Å². The topological polar surface area (TPSA) is 74.8 Å². The van der Waals surface area contributed by atoms with Crippen molar-refractivity contribution in [2.75, 3.05) is 13.1 Å². The van der Waals surface area contributed by atoms with Crippen LogP contribution in [-0.2, 0) is 4.79 Å². The van der Waals surface area contributed by atoms with Crippen molar-refractivity contribution in [3.05, 3.63) is 27.7 Å². The molecule has 7 heteroatoms. The number of rotatable bonds is 3. The molecule has 1 aliphatic carbocycles. The van der Waals surface area contributed by atoms with E-state index in [9.17, 15) is 4.79 Å². The van der Waals surface area contributed by atoms with Crippen LogP contribution in [0.2, 0.25) is 0 Å². The van der Waals surface area contributed by atoms with Gasteiger partial charge in [-0.3, -0.25) is 4.79 Å². The number of aromatic amines is 1. The first-order chi connectivity index (χ1) is 10.7. The fourth-order valence-electron chi connectivity index (χ4n) is 3.49. The monoisotopic (exact) mass is 317 g/mol. The van der Waals surface area contributed by atoms with Gasteiger partial charge in [0.1, 0.15) is 0 Å². The summed E-state index contributed by atoms with van der Waals surface area (Å²) in [5, 5.41) is 16.4. The van der Waals surface area contributed by atoms with Gasteiger partial charge in [0.15, 0.2) is 5.82 Å². The molecule has 6 nitrogen and oxygen atoms in total. The molecule has 2 fully saturated rings. The summed E-state index contributed by atoms with van der Waals surface area (Å²) in [6, 6.07) is 2.15. The fourth-order valence-corrected chi connectivity index (χ4v) is 4.60. The molecule has 0 spiro atoms. The van der Waals surface area contributed by atoms with Crippen LogP contribution < -0.4 is 0 Å². The number of H-pyrrole nitrogens is 1. The minimum atomic E-state index is 0.182. The van der Waals surface area contributed by atoms with Gasteiger partial charge in [-0.1, -0.05) is 5.21 Å². The molecular weight excluding hydrogens is 298 g/mol. The second-order valence-corrected chi connectivity index (χ2v) is 7.26. The Kier molecular flexibility index (Phi) is 3.44. The lowest BCUT2D eigenvalue weighted by Crippen LogP contribution is -2.40. The number of thiophene rings is 1. The van der Waals surface area contributed by atoms with Gasteiger partial charge in [0, 0.05) is 35.7 Å². The Morgan fingerprint density at radius 3 is 3.14 bits per heavy atom. The zero-order valence-corrected chi connectivity index (χ0v) is 13.3. The fraction of sp³-hybridized carbons (Fsp3) is 0.600. The van der Waals surface area contributed by atoms with Gasteiger partial charge in [-0.15, -0.1) is 21.5 Å². The van der Waals surface area contributed by atoms with Crippen LogP contribution in [0.1, 0.15) is 47.4 Å². The zero-order chi connectivity index (χ0) is 15.1. The van der Waals surface area contributed by atoms with Crippen LogP contribution in [0.15, 0.2) is 11.4 Å². The Morgan fingerprint density at radius 1 is 1.50 bits per heavy atom. The van der Waals surface area contributed by atoms with Gasteiger partial charge >= 0.3 is 0 Å². The molecule has 2 aromatic heterocycles. The molecule has 0 unspecified atom stereocenters. The van der Waals surface area contributed by atoms with Crippen molar-refractivity contribution >= 4 is 17.2 Å². The Labute approximate surface area is 132 Å². The number of hydrogen-bond acceptors (Lipinski definition) is 5. The third-order valence-electron chi connectivity index (χ3n) is 4.81. The standard InChI is InChI=1S/C15H19N5OS/c1-9-4-6-22-13(9)11-7-12(11)15(21)20-5-2-3-10(8-20)14-16-18-19-17-14/h4,6,10-12H,2-3,5,7-8H2,1H3,(H,16,17,18,19)/t10-,11+,12+/m0/s1. The summed E-state index contributed by atoms with van der Waals surface area (Å²) >= 11 is 1.78. The average Bonchev–Trinajstić information content (AvgIpc) is 2.95. The predicted molar refractivity (Wildman–Crippen MR) is 82.6 cm³/mol. The quantitative estimate of drug-likeness (QED) is 0.940. The van der Waals surface area contributed by atoms with Crippen molar-refractivity contribution in [2.24, 2.45) is 5.92 Å². The highest BCUT2D eigenvalue weighted by Crippen LogP contribution is 2.51. The number of nitrogens with zero attached hydrogens (tertiary/aromatic N) is 4. The second-order valence-electron chi connectivity index (χ2n) is 6.31. The Balaban J connectivity index is 1.42. The molecule has 0 bridgehead atoms. The summed E-state index contributed by atoms with van der Waals surface area (Å²) in [6.07, 6.45) is 3.05. The predicted octanol–water partition coefficient (Wildman–Crippen LogP) is 2.08. The molecule has 3 heterocycles. The zero-order valence-electron chi connectivity index (χ0n) is 12.5. The minimum absolute atomic E-state index is 0.182. The molecule has 1 aliphatic heterocycles. The highest BCUT2D eigenvalue weighted by molar-refractivity contribution is 7.10. The van der Waals surface area contributed by atoms with Crippen LogP contribution in [0.3, 0.4) is 0 Å². The Morgan fingerprint density at radius 2 is 2.41 bits per heavy atom. The number of piperidine rings is 1. The molecule has 0 radical (unpaired) electrons. The molecule has 116 valence electrons. The number of aromatic nitrogens is 4. The first-order valence-corrected chi connectivity index (χ1v) is 8.68. The van der Waals surface area contributed by atoms with Gasteiger partial charge in [0.2, 0.25) is 5.91 Å². The van der Waals surface area contributed by atoms with Gasteiger partial charge in [-0.2, -0.15) is 5.21 Å². The van der Waals surface area contributed by atoms with Gasteiger partial charge in [-0.05, 0) is 43.2 Å². The first-order valence-electron chi connectivity index (χ1n) is 7.80. The number of carbonyl (C=O) groups excluding carboxylic acids is 1. The number of tetrazole rings is 1. The first kappa shape index (κ1) is 13.9. The normalized spacial score (nSPS) is 27.9.